The van der Waals surface area contributed by atoms with Crippen molar-refractivity contribution in [2.24, 2.45) is 5.92 Å². The number of amides is 2. The van der Waals surface area contributed by atoms with Crippen LogP contribution in [0.3, 0.4) is 0 Å². The van der Waals surface area contributed by atoms with Crippen molar-refractivity contribution in [2.75, 3.05) is 19.6 Å². The topological polar surface area (TPSA) is 58.4 Å². The Bertz CT molecular complexity index is 629. The number of hydrogen-bond acceptors (Lipinski definition) is 3. The summed E-state index contributed by atoms with van der Waals surface area (Å²) in [5.74, 6) is 1.84. The quantitative estimate of drug-likeness (QED) is 0.843. The van der Waals surface area contributed by atoms with Crippen LogP contribution in [-0.4, -0.2) is 56.8 Å². The van der Waals surface area contributed by atoms with Crippen LogP contribution in [0.5, 0.6) is 0 Å². The Morgan fingerprint density at radius 1 is 1.25 bits per heavy atom. The van der Waals surface area contributed by atoms with E-state index in [0.29, 0.717) is 24.9 Å². The Morgan fingerprint density at radius 3 is 2.67 bits per heavy atom. The van der Waals surface area contributed by atoms with Crippen molar-refractivity contribution in [1.82, 2.24) is 19.4 Å². The van der Waals surface area contributed by atoms with E-state index in [1.165, 1.54) is 0 Å². The molecule has 0 N–H and O–H groups in total. The number of rotatable bonds is 4. The van der Waals surface area contributed by atoms with Gasteiger partial charge < -0.3 is 14.4 Å². The molecule has 6 heteroatoms. The maximum absolute atomic E-state index is 12.8. The van der Waals surface area contributed by atoms with E-state index in [9.17, 15) is 9.59 Å². The minimum Gasteiger partial charge on any atom is -0.342 e. The van der Waals surface area contributed by atoms with Crippen LogP contribution in [0.25, 0.3) is 0 Å². The molecule has 1 aliphatic carbocycles. The van der Waals surface area contributed by atoms with E-state index < -0.39 is 0 Å². The third-order valence-electron chi connectivity index (χ3n) is 5.76. The van der Waals surface area contributed by atoms with Gasteiger partial charge in [0.15, 0.2) is 0 Å². The van der Waals surface area contributed by atoms with Crippen LogP contribution in [0.15, 0.2) is 12.4 Å². The number of carbonyl (C=O) groups excluding carboxylic acids is 2. The van der Waals surface area contributed by atoms with Crippen LogP contribution in [-0.2, 0) is 16.1 Å². The zero-order valence-corrected chi connectivity index (χ0v) is 14.4. The van der Waals surface area contributed by atoms with Gasteiger partial charge in [0.1, 0.15) is 5.82 Å². The molecule has 4 rings (SSSR count). The summed E-state index contributed by atoms with van der Waals surface area (Å²) in [4.78, 5) is 33.3. The zero-order valence-electron chi connectivity index (χ0n) is 14.4. The fraction of sp³-hybridized carbons (Fsp3) is 0.722. The molecule has 1 saturated carbocycles. The van der Waals surface area contributed by atoms with Gasteiger partial charge in [-0.3, -0.25) is 9.59 Å². The number of aryl methyl sites for hydroxylation is 1. The van der Waals surface area contributed by atoms with Gasteiger partial charge in [-0.15, -0.1) is 0 Å². The smallest absolute Gasteiger partial charge is 0.227 e. The van der Waals surface area contributed by atoms with E-state index in [1.807, 2.05) is 22.2 Å². The Kier molecular flexibility index (Phi) is 4.06. The number of imidazole rings is 1. The predicted octanol–water partition coefficient (Wildman–Crippen LogP) is 1.62. The fourth-order valence-electron chi connectivity index (χ4n) is 4.20. The molecule has 0 bridgehead atoms. The third-order valence-corrected chi connectivity index (χ3v) is 5.76. The van der Waals surface area contributed by atoms with Gasteiger partial charge in [0.25, 0.3) is 0 Å². The van der Waals surface area contributed by atoms with Crippen molar-refractivity contribution in [1.29, 1.82) is 0 Å². The van der Waals surface area contributed by atoms with E-state index in [2.05, 4.69) is 16.5 Å². The predicted molar refractivity (Wildman–Crippen MR) is 89.3 cm³/mol. The van der Waals surface area contributed by atoms with E-state index in [1.54, 1.807) is 0 Å². The van der Waals surface area contributed by atoms with Gasteiger partial charge in [0, 0.05) is 57.0 Å². The monoisotopic (exact) mass is 330 g/mol. The molecular formula is C18H26N4O2. The van der Waals surface area contributed by atoms with Crippen molar-refractivity contribution >= 4 is 11.8 Å². The second-order valence-corrected chi connectivity index (χ2v) is 7.35. The Hall–Kier alpha value is -1.85. The van der Waals surface area contributed by atoms with Crippen molar-refractivity contribution in [3.63, 3.8) is 0 Å². The molecule has 1 aromatic heterocycles. The summed E-state index contributed by atoms with van der Waals surface area (Å²) in [7, 11) is 0. The van der Waals surface area contributed by atoms with Gasteiger partial charge in [-0.1, -0.05) is 0 Å². The molecule has 2 saturated heterocycles. The van der Waals surface area contributed by atoms with Crippen molar-refractivity contribution in [3.8, 4) is 0 Å². The first-order valence-corrected chi connectivity index (χ1v) is 9.26. The highest BCUT2D eigenvalue weighted by atomic mass is 16.2. The molecule has 0 spiro atoms. The molecule has 2 aliphatic heterocycles. The van der Waals surface area contributed by atoms with Crippen molar-refractivity contribution in [3.05, 3.63) is 18.2 Å². The summed E-state index contributed by atoms with van der Waals surface area (Å²) in [5.41, 5.74) is 0. The minimum absolute atomic E-state index is 0.118. The summed E-state index contributed by atoms with van der Waals surface area (Å²) >= 11 is 0. The summed E-state index contributed by atoms with van der Waals surface area (Å²) in [6, 6.07) is 0.425. The molecule has 6 nitrogen and oxygen atoms in total. The SMILES string of the molecule is CCn1ccnc1C1CCN(C(=O)[C@H]2CC(=O)N(C3CC3)C2)CC1. The van der Waals surface area contributed by atoms with Gasteiger partial charge in [0.05, 0.1) is 5.92 Å². The molecule has 0 unspecified atom stereocenters. The van der Waals surface area contributed by atoms with E-state index in [4.69, 9.17) is 0 Å². The Labute approximate surface area is 142 Å². The highest BCUT2D eigenvalue weighted by molar-refractivity contribution is 5.89. The van der Waals surface area contributed by atoms with Gasteiger partial charge >= 0.3 is 0 Å². The minimum atomic E-state index is -0.118. The standard InChI is InChI=1S/C18H26N4O2/c1-2-20-10-7-19-17(20)13-5-8-21(9-6-13)18(24)14-11-16(23)22(12-14)15-3-4-15/h7,10,13-15H,2-6,8-9,11-12H2,1H3/t14-/m0/s1. The summed E-state index contributed by atoms with van der Waals surface area (Å²) in [6.07, 6.45) is 8.47. The molecule has 1 aromatic rings. The highest BCUT2D eigenvalue weighted by Gasteiger charge is 2.43. The third kappa shape index (κ3) is 2.82. The largest absolute Gasteiger partial charge is 0.342 e. The molecule has 24 heavy (non-hydrogen) atoms. The second-order valence-electron chi connectivity index (χ2n) is 7.35. The Balaban J connectivity index is 1.34. The maximum atomic E-state index is 12.8. The van der Waals surface area contributed by atoms with Gasteiger partial charge in [-0.2, -0.15) is 0 Å². The second kappa shape index (κ2) is 6.22. The molecule has 0 radical (unpaired) electrons. The molecule has 3 aliphatic rings. The number of hydrogen-bond donors (Lipinski definition) is 0. The lowest BCUT2D eigenvalue weighted by molar-refractivity contribution is -0.136. The highest BCUT2D eigenvalue weighted by Crippen LogP contribution is 2.34. The molecular weight excluding hydrogens is 304 g/mol. The van der Waals surface area contributed by atoms with Gasteiger partial charge in [0.2, 0.25) is 11.8 Å². The molecule has 2 amide bonds. The number of carbonyl (C=O) groups is 2. The average molecular weight is 330 g/mol. The lowest BCUT2D eigenvalue weighted by atomic mass is 9.94. The van der Waals surface area contributed by atoms with E-state index >= 15 is 0 Å². The summed E-state index contributed by atoms with van der Waals surface area (Å²) in [5, 5.41) is 0. The molecule has 3 fully saturated rings. The van der Waals surface area contributed by atoms with Crippen LogP contribution < -0.4 is 0 Å². The van der Waals surface area contributed by atoms with E-state index in [-0.39, 0.29) is 17.7 Å². The number of piperidine rings is 1. The molecule has 0 aromatic carbocycles. The first kappa shape index (κ1) is 15.7. The number of likely N-dealkylation sites (tertiary alicyclic amines) is 2. The molecule has 1 atom stereocenters. The van der Waals surface area contributed by atoms with Crippen LogP contribution >= 0.6 is 0 Å². The Morgan fingerprint density at radius 2 is 2.00 bits per heavy atom. The van der Waals surface area contributed by atoms with Crippen LogP contribution in [0.4, 0.5) is 0 Å². The van der Waals surface area contributed by atoms with Gasteiger partial charge in [-0.05, 0) is 32.6 Å². The van der Waals surface area contributed by atoms with Gasteiger partial charge in [-0.25, -0.2) is 4.98 Å². The van der Waals surface area contributed by atoms with Crippen LogP contribution in [0.2, 0.25) is 0 Å². The molecule has 3 heterocycles. The summed E-state index contributed by atoms with van der Waals surface area (Å²) < 4.78 is 2.20. The normalized spacial score (nSPS) is 25.5. The van der Waals surface area contributed by atoms with Crippen molar-refractivity contribution < 1.29 is 9.59 Å². The molecule has 130 valence electrons. The summed E-state index contributed by atoms with van der Waals surface area (Å²) in [6.45, 7) is 5.28. The lowest BCUT2D eigenvalue weighted by Gasteiger charge is -2.33. The van der Waals surface area contributed by atoms with Crippen LogP contribution in [0, 0.1) is 5.92 Å². The number of nitrogens with zero attached hydrogens (tertiary/aromatic N) is 4. The first-order chi connectivity index (χ1) is 11.7. The average Bonchev–Trinajstić information content (AvgIpc) is 3.20. The zero-order chi connectivity index (χ0) is 16.7. The first-order valence-electron chi connectivity index (χ1n) is 9.26. The number of aromatic nitrogens is 2. The maximum Gasteiger partial charge on any atom is 0.227 e. The van der Waals surface area contributed by atoms with E-state index in [0.717, 1.165) is 51.1 Å². The van der Waals surface area contributed by atoms with Crippen LogP contribution in [0.1, 0.15) is 50.8 Å². The fourth-order valence-corrected chi connectivity index (χ4v) is 4.20. The van der Waals surface area contributed by atoms with Crippen molar-refractivity contribution in [2.45, 2.75) is 57.5 Å². The lowest BCUT2D eigenvalue weighted by Crippen LogP contribution is -2.42.